The molecule has 0 aromatic heterocycles. The van der Waals surface area contributed by atoms with Crippen molar-refractivity contribution in [3.05, 3.63) is 41.1 Å². The normalized spacial score (nSPS) is 19.0. The second kappa shape index (κ2) is 3.62. The molecule has 0 atom stereocenters. The van der Waals surface area contributed by atoms with Crippen LogP contribution in [0.5, 0.6) is 0 Å². The van der Waals surface area contributed by atoms with E-state index < -0.39 is 0 Å². The molecule has 0 amide bonds. The van der Waals surface area contributed by atoms with Crippen LogP contribution in [0, 0.1) is 6.92 Å². The third-order valence-corrected chi connectivity index (χ3v) is 2.17. The van der Waals surface area contributed by atoms with Gasteiger partial charge >= 0.3 is 0 Å². The fourth-order valence-corrected chi connectivity index (χ4v) is 1.40. The zero-order valence-electron chi connectivity index (χ0n) is 7.80. The summed E-state index contributed by atoms with van der Waals surface area (Å²) >= 11 is 0. The standard InChI is InChI=1S/C11H14N2/c1-9-2-4-10(5-3-9)6-11-7-12-8-13-11/h2-6,12-13H,7-8H2,1H3. The van der Waals surface area contributed by atoms with Crippen LogP contribution in [-0.4, -0.2) is 13.2 Å². The lowest BCUT2D eigenvalue weighted by Gasteiger charge is -1.98. The third kappa shape index (κ3) is 2.10. The van der Waals surface area contributed by atoms with Gasteiger partial charge in [0.2, 0.25) is 0 Å². The molecule has 2 heteroatoms. The van der Waals surface area contributed by atoms with E-state index in [1.807, 2.05) is 0 Å². The summed E-state index contributed by atoms with van der Waals surface area (Å²) in [6.07, 6.45) is 2.18. The molecule has 0 radical (unpaired) electrons. The maximum absolute atomic E-state index is 3.27. The molecule has 0 unspecified atom stereocenters. The lowest BCUT2D eigenvalue weighted by Crippen LogP contribution is -2.10. The average molecular weight is 174 g/mol. The Morgan fingerprint density at radius 1 is 1.23 bits per heavy atom. The van der Waals surface area contributed by atoms with Crippen LogP contribution >= 0.6 is 0 Å². The Bertz CT molecular complexity index is 303. The van der Waals surface area contributed by atoms with Crippen LogP contribution < -0.4 is 10.6 Å². The van der Waals surface area contributed by atoms with Crippen molar-refractivity contribution in [2.24, 2.45) is 0 Å². The Balaban J connectivity index is 2.17. The van der Waals surface area contributed by atoms with E-state index in [9.17, 15) is 0 Å². The van der Waals surface area contributed by atoms with E-state index in [0.29, 0.717) is 0 Å². The fourth-order valence-electron chi connectivity index (χ4n) is 1.40. The van der Waals surface area contributed by atoms with E-state index in [-0.39, 0.29) is 0 Å². The molecule has 68 valence electrons. The molecule has 0 saturated carbocycles. The molecule has 0 aliphatic carbocycles. The Hall–Kier alpha value is -1.28. The molecule has 1 aliphatic heterocycles. The number of benzene rings is 1. The molecule has 0 spiro atoms. The summed E-state index contributed by atoms with van der Waals surface area (Å²) in [5.74, 6) is 0. The predicted molar refractivity (Wildman–Crippen MR) is 55.2 cm³/mol. The smallest absolute Gasteiger partial charge is 0.0653 e. The summed E-state index contributed by atoms with van der Waals surface area (Å²) in [5.41, 5.74) is 3.83. The number of rotatable bonds is 1. The van der Waals surface area contributed by atoms with E-state index in [1.165, 1.54) is 16.8 Å². The highest BCUT2D eigenvalue weighted by Crippen LogP contribution is 2.07. The molecule has 1 fully saturated rings. The van der Waals surface area contributed by atoms with Crippen LogP contribution in [0.1, 0.15) is 11.1 Å². The van der Waals surface area contributed by atoms with Crippen molar-refractivity contribution >= 4 is 6.08 Å². The maximum Gasteiger partial charge on any atom is 0.0653 e. The molecule has 1 aromatic rings. The highest BCUT2D eigenvalue weighted by atomic mass is 15.1. The Morgan fingerprint density at radius 2 is 2.00 bits per heavy atom. The number of aryl methyl sites for hydroxylation is 1. The van der Waals surface area contributed by atoms with Gasteiger partial charge in [-0.15, -0.1) is 0 Å². The SMILES string of the molecule is Cc1ccc(C=C2CNCN2)cc1. The highest BCUT2D eigenvalue weighted by Gasteiger charge is 2.02. The summed E-state index contributed by atoms with van der Waals surface area (Å²) in [7, 11) is 0. The van der Waals surface area contributed by atoms with E-state index in [0.717, 1.165) is 13.2 Å². The fraction of sp³-hybridized carbons (Fsp3) is 0.273. The molecule has 0 bridgehead atoms. The first-order valence-electron chi connectivity index (χ1n) is 4.56. The molecule has 1 aromatic carbocycles. The van der Waals surface area contributed by atoms with Crippen molar-refractivity contribution in [1.29, 1.82) is 0 Å². The van der Waals surface area contributed by atoms with Gasteiger partial charge in [-0.05, 0) is 18.6 Å². The molecule has 2 N–H and O–H groups in total. The minimum atomic E-state index is 0.887. The molecule has 13 heavy (non-hydrogen) atoms. The monoisotopic (exact) mass is 174 g/mol. The van der Waals surface area contributed by atoms with Crippen LogP contribution in [0.25, 0.3) is 6.08 Å². The quantitative estimate of drug-likeness (QED) is 0.674. The zero-order valence-corrected chi connectivity index (χ0v) is 7.80. The first-order chi connectivity index (χ1) is 6.34. The van der Waals surface area contributed by atoms with Crippen LogP contribution in [-0.2, 0) is 0 Å². The Kier molecular flexibility index (Phi) is 2.32. The van der Waals surface area contributed by atoms with Crippen molar-refractivity contribution in [1.82, 2.24) is 10.6 Å². The summed E-state index contributed by atoms with van der Waals surface area (Å²) in [6, 6.07) is 8.55. The predicted octanol–water partition coefficient (Wildman–Crippen LogP) is 1.49. The van der Waals surface area contributed by atoms with Gasteiger partial charge in [0.05, 0.1) is 6.67 Å². The van der Waals surface area contributed by atoms with Gasteiger partial charge in [0.25, 0.3) is 0 Å². The average Bonchev–Trinajstić information content (AvgIpc) is 2.62. The van der Waals surface area contributed by atoms with Crippen molar-refractivity contribution in [3.8, 4) is 0 Å². The summed E-state index contributed by atoms with van der Waals surface area (Å²) < 4.78 is 0. The lowest BCUT2D eigenvalue weighted by molar-refractivity contribution is 0.815. The van der Waals surface area contributed by atoms with Crippen molar-refractivity contribution in [2.45, 2.75) is 6.92 Å². The van der Waals surface area contributed by atoms with Gasteiger partial charge in [-0.1, -0.05) is 29.8 Å². The molecular weight excluding hydrogens is 160 g/mol. The van der Waals surface area contributed by atoms with Crippen LogP contribution in [0.4, 0.5) is 0 Å². The van der Waals surface area contributed by atoms with Gasteiger partial charge < -0.3 is 5.32 Å². The largest absolute Gasteiger partial charge is 0.375 e. The number of hydrogen-bond donors (Lipinski definition) is 2. The highest BCUT2D eigenvalue weighted by molar-refractivity contribution is 5.53. The van der Waals surface area contributed by atoms with Gasteiger partial charge in [0.15, 0.2) is 0 Å². The number of hydrogen-bond acceptors (Lipinski definition) is 2. The van der Waals surface area contributed by atoms with E-state index in [2.05, 4.69) is 47.9 Å². The minimum Gasteiger partial charge on any atom is -0.375 e. The van der Waals surface area contributed by atoms with Gasteiger partial charge in [0.1, 0.15) is 0 Å². The van der Waals surface area contributed by atoms with Crippen molar-refractivity contribution < 1.29 is 0 Å². The van der Waals surface area contributed by atoms with Gasteiger partial charge in [-0.2, -0.15) is 0 Å². The van der Waals surface area contributed by atoms with Crippen LogP contribution in [0.3, 0.4) is 0 Å². The number of nitrogens with one attached hydrogen (secondary N) is 2. The van der Waals surface area contributed by atoms with Gasteiger partial charge in [-0.25, -0.2) is 0 Å². The molecular formula is C11H14N2. The van der Waals surface area contributed by atoms with Crippen molar-refractivity contribution in [2.75, 3.05) is 13.2 Å². The first kappa shape index (κ1) is 8.32. The molecule has 2 rings (SSSR count). The third-order valence-electron chi connectivity index (χ3n) is 2.17. The first-order valence-corrected chi connectivity index (χ1v) is 4.56. The summed E-state index contributed by atoms with van der Waals surface area (Å²) in [6.45, 7) is 3.94. The lowest BCUT2D eigenvalue weighted by atomic mass is 10.1. The van der Waals surface area contributed by atoms with E-state index >= 15 is 0 Å². The summed E-state index contributed by atoms with van der Waals surface area (Å²) in [4.78, 5) is 0. The zero-order chi connectivity index (χ0) is 9.10. The van der Waals surface area contributed by atoms with E-state index in [4.69, 9.17) is 0 Å². The van der Waals surface area contributed by atoms with Gasteiger partial charge in [-0.3, -0.25) is 5.32 Å². The minimum absolute atomic E-state index is 0.887. The molecule has 2 nitrogen and oxygen atoms in total. The summed E-state index contributed by atoms with van der Waals surface area (Å²) in [5, 5.41) is 6.49. The Labute approximate surface area is 78.7 Å². The maximum atomic E-state index is 3.27. The van der Waals surface area contributed by atoms with E-state index in [1.54, 1.807) is 0 Å². The topological polar surface area (TPSA) is 24.1 Å². The second-order valence-electron chi connectivity index (χ2n) is 3.36. The second-order valence-corrected chi connectivity index (χ2v) is 3.36. The van der Waals surface area contributed by atoms with Crippen molar-refractivity contribution in [3.63, 3.8) is 0 Å². The van der Waals surface area contributed by atoms with Gasteiger partial charge in [0, 0.05) is 12.2 Å². The Morgan fingerprint density at radius 3 is 2.62 bits per heavy atom. The van der Waals surface area contributed by atoms with Crippen LogP contribution in [0.15, 0.2) is 30.0 Å². The molecule has 1 saturated heterocycles. The molecule has 1 aliphatic rings. The van der Waals surface area contributed by atoms with Crippen LogP contribution in [0.2, 0.25) is 0 Å². The molecule has 1 heterocycles.